The molecule has 2 aliphatic rings. The fourth-order valence-electron chi connectivity index (χ4n) is 3.51. The van der Waals surface area contributed by atoms with Crippen molar-refractivity contribution in [2.45, 2.75) is 26.3 Å². The van der Waals surface area contributed by atoms with Crippen molar-refractivity contribution in [2.24, 2.45) is 11.3 Å². The van der Waals surface area contributed by atoms with Gasteiger partial charge in [-0.25, -0.2) is 0 Å². The lowest BCUT2D eigenvalue weighted by atomic mass is 9.75. The second kappa shape index (κ2) is 4.60. The largest absolute Gasteiger partial charge is 0.315 e. The van der Waals surface area contributed by atoms with Crippen molar-refractivity contribution in [3.8, 4) is 0 Å². The fraction of sp³-hybridized carbons (Fsp3) is 0.533. The highest BCUT2D eigenvalue weighted by molar-refractivity contribution is 9.10. The third kappa shape index (κ3) is 2.01. The van der Waals surface area contributed by atoms with Crippen molar-refractivity contribution in [3.63, 3.8) is 0 Å². The van der Waals surface area contributed by atoms with Crippen LogP contribution in [0.25, 0.3) is 0 Å². The number of hydrogen-bond donors (Lipinski definition) is 1. The number of anilines is 1. The molecule has 3 rings (SSSR count). The van der Waals surface area contributed by atoms with Gasteiger partial charge < -0.3 is 10.2 Å². The number of rotatable bonds is 1. The van der Waals surface area contributed by atoms with E-state index in [0.29, 0.717) is 5.92 Å². The molecular formula is C15H19BrN2O. The van der Waals surface area contributed by atoms with Gasteiger partial charge in [0.2, 0.25) is 5.91 Å². The first kappa shape index (κ1) is 13.1. The molecule has 1 N–H and O–H groups in total. The lowest BCUT2D eigenvalue weighted by molar-refractivity contribution is -0.125. The molecule has 0 spiro atoms. The van der Waals surface area contributed by atoms with E-state index < -0.39 is 0 Å². The zero-order chi connectivity index (χ0) is 13.6. The van der Waals surface area contributed by atoms with Gasteiger partial charge >= 0.3 is 0 Å². The predicted octanol–water partition coefficient (Wildman–Crippen LogP) is 2.80. The van der Waals surface area contributed by atoms with Gasteiger partial charge in [0.1, 0.15) is 0 Å². The van der Waals surface area contributed by atoms with E-state index in [1.165, 1.54) is 0 Å². The topological polar surface area (TPSA) is 32.3 Å². The van der Waals surface area contributed by atoms with Crippen LogP contribution >= 0.6 is 15.9 Å². The Morgan fingerprint density at radius 3 is 2.95 bits per heavy atom. The normalized spacial score (nSPS) is 29.4. The molecule has 3 nitrogen and oxygen atoms in total. The van der Waals surface area contributed by atoms with Crippen LogP contribution in [-0.4, -0.2) is 25.0 Å². The minimum atomic E-state index is -0.255. The Bertz CT molecular complexity index is 515. The lowest BCUT2D eigenvalue weighted by Gasteiger charge is -2.34. The van der Waals surface area contributed by atoms with Crippen molar-refractivity contribution in [1.29, 1.82) is 0 Å². The Balaban J connectivity index is 2.03. The van der Waals surface area contributed by atoms with E-state index in [9.17, 15) is 4.79 Å². The smallest absolute Gasteiger partial charge is 0.233 e. The summed E-state index contributed by atoms with van der Waals surface area (Å²) < 4.78 is 1.02. The maximum absolute atomic E-state index is 12.8. The van der Waals surface area contributed by atoms with Crippen molar-refractivity contribution in [2.75, 3.05) is 18.0 Å². The van der Waals surface area contributed by atoms with Gasteiger partial charge in [0.05, 0.1) is 6.04 Å². The van der Waals surface area contributed by atoms with E-state index in [-0.39, 0.29) is 17.4 Å². The Morgan fingerprint density at radius 2 is 2.21 bits per heavy atom. The molecule has 0 aliphatic carbocycles. The van der Waals surface area contributed by atoms with E-state index in [1.54, 1.807) is 0 Å². The first-order chi connectivity index (χ1) is 9.01. The standard InChI is InChI=1S/C15H19BrN2O/c1-15(2)12-6-7-17-9-13(12)18(14(15)19)11-5-3-4-10(16)8-11/h3-5,8,12-13,17H,6-7,9H2,1-2H3. The van der Waals surface area contributed by atoms with Crippen LogP contribution in [0.5, 0.6) is 0 Å². The average molecular weight is 323 g/mol. The summed E-state index contributed by atoms with van der Waals surface area (Å²) in [6, 6.07) is 8.32. The van der Waals surface area contributed by atoms with Crippen molar-refractivity contribution in [3.05, 3.63) is 28.7 Å². The SMILES string of the molecule is CC1(C)C(=O)N(c2cccc(Br)c2)C2CNCCC21. The van der Waals surface area contributed by atoms with Crippen LogP contribution in [0.4, 0.5) is 5.69 Å². The number of nitrogens with one attached hydrogen (secondary N) is 1. The molecule has 0 bridgehead atoms. The molecule has 2 fully saturated rings. The summed E-state index contributed by atoms with van der Waals surface area (Å²) in [6.45, 7) is 6.10. The molecule has 2 unspecified atom stereocenters. The molecule has 102 valence electrons. The number of benzene rings is 1. The summed E-state index contributed by atoms with van der Waals surface area (Å²) >= 11 is 3.49. The number of halogens is 1. The van der Waals surface area contributed by atoms with E-state index >= 15 is 0 Å². The number of amides is 1. The third-order valence-electron chi connectivity index (χ3n) is 4.57. The Labute approximate surface area is 122 Å². The first-order valence-electron chi connectivity index (χ1n) is 6.82. The van der Waals surface area contributed by atoms with Gasteiger partial charge in [-0.3, -0.25) is 4.79 Å². The minimum Gasteiger partial charge on any atom is -0.315 e. The maximum Gasteiger partial charge on any atom is 0.233 e. The first-order valence-corrected chi connectivity index (χ1v) is 7.61. The fourth-order valence-corrected chi connectivity index (χ4v) is 3.90. The maximum atomic E-state index is 12.8. The predicted molar refractivity (Wildman–Crippen MR) is 80.2 cm³/mol. The minimum absolute atomic E-state index is 0.254. The summed E-state index contributed by atoms with van der Waals surface area (Å²) in [5, 5.41) is 3.42. The highest BCUT2D eigenvalue weighted by atomic mass is 79.9. The second-order valence-corrected chi connectivity index (χ2v) is 6.96. The summed E-state index contributed by atoms with van der Waals surface area (Å²) in [6.07, 6.45) is 1.08. The van der Waals surface area contributed by atoms with Gasteiger partial charge in [0.15, 0.2) is 0 Å². The van der Waals surface area contributed by atoms with E-state index in [2.05, 4.69) is 35.1 Å². The molecule has 19 heavy (non-hydrogen) atoms. The Hall–Kier alpha value is -0.870. The summed E-state index contributed by atoms with van der Waals surface area (Å²) in [5.41, 5.74) is 0.749. The van der Waals surface area contributed by atoms with Gasteiger partial charge in [-0.1, -0.05) is 35.8 Å². The summed E-state index contributed by atoms with van der Waals surface area (Å²) in [5.74, 6) is 0.699. The molecular weight excluding hydrogens is 304 g/mol. The van der Waals surface area contributed by atoms with Gasteiger partial charge in [-0.15, -0.1) is 0 Å². The van der Waals surface area contributed by atoms with Crippen LogP contribution in [-0.2, 0) is 4.79 Å². The molecule has 4 heteroatoms. The molecule has 0 aromatic heterocycles. The highest BCUT2D eigenvalue weighted by Gasteiger charge is 2.54. The number of hydrogen-bond acceptors (Lipinski definition) is 2. The number of carbonyl (C=O) groups is 1. The number of fused-ring (bicyclic) bond motifs is 1. The highest BCUT2D eigenvalue weighted by Crippen LogP contribution is 2.46. The monoisotopic (exact) mass is 322 g/mol. The summed E-state index contributed by atoms with van der Waals surface area (Å²) in [7, 11) is 0. The molecule has 1 amide bonds. The lowest BCUT2D eigenvalue weighted by Crippen LogP contribution is -2.47. The second-order valence-electron chi connectivity index (χ2n) is 6.04. The molecule has 0 radical (unpaired) electrons. The van der Waals surface area contributed by atoms with Crippen LogP contribution in [0.1, 0.15) is 20.3 Å². The van der Waals surface area contributed by atoms with E-state index in [1.807, 2.05) is 29.2 Å². The average Bonchev–Trinajstić information content (AvgIpc) is 2.58. The Morgan fingerprint density at radius 1 is 1.42 bits per heavy atom. The van der Waals surface area contributed by atoms with Crippen LogP contribution in [0.3, 0.4) is 0 Å². The van der Waals surface area contributed by atoms with Crippen molar-refractivity contribution >= 4 is 27.5 Å². The van der Waals surface area contributed by atoms with Crippen LogP contribution in [0, 0.1) is 11.3 Å². The number of nitrogens with zero attached hydrogens (tertiary/aromatic N) is 1. The molecule has 1 aromatic rings. The van der Waals surface area contributed by atoms with E-state index in [0.717, 1.165) is 29.7 Å². The molecule has 2 atom stereocenters. The van der Waals surface area contributed by atoms with Crippen LogP contribution in [0.2, 0.25) is 0 Å². The molecule has 2 aliphatic heterocycles. The van der Waals surface area contributed by atoms with E-state index in [4.69, 9.17) is 0 Å². The van der Waals surface area contributed by atoms with Gasteiger partial charge in [0.25, 0.3) is 0 Å². The zero-order valence-electron chi connectivity index (χ0n) is 11.3. The quantitative estimate of drug-likeness (QED) is 0.862. The van der Waals surface area contributed by atoms with Gasteiger partial charge in [-0.2, -0.15) is 0 Å². The van der Waals surface area contributed by atoms with Crippen LogP contribution < -0.4 is 10.2 Å². The zero-order valence-corrected chi connectivity index (χ0v) is 12.9. The third-order valence-corrected chi connectivity index (χ3v) is 5.06. The van der Waals surface area contributed by atoms with Crippen molar-refractivity contribution in [1.82, 2.24) is 5.32 Å². The van der Waals surface area contributed by atoms with Gasteiger partial charge in [-0.05, 0) is 37.1 Å². The van der Waals surface area contributed by atoms with Crippen LogP contribution in [0.15, 0.2) is 28.7 Å². The number of carbonyl (C=O) groups excluding carboxylic acids is 1. The number of piperidine rings is 1. The molecule has 2 heterocycles. The molecule has 1 aromatic carbocycles. The molecule has 0 saturated carbocycles. The molecule has 2 saturated heterocycles. The van der Waals surface area contributed by atoms with Crippen molar-refractivity contribution < 1.29 is 4.79 Å². The van der Waals surface area contributed by atoms with Gasteiger partial charge in [0, 0.05) is 22.1 Å². The summed E-state index contributed by atoms with van der Waals surface area (Å²) in [4.78, 5) is 14.8. The Kier molecular flexibility index (Phi) is 3.18.